The van der Waals surface area contributed by atoms with E-state index in [1.807, 2.05) is 6.92 Å². The van der Waals surface area contributed by atoms with Gasteiger partial charge in [0, 0.05) is 12.3 Å². The molecule has 0 saturated heterocycles. The van der Waals surface area contributed by atoms with Crippen molar-refractivity contribution in [1.82, 2.24) is 5.32 Å². The summed E-state index contributed by atoms with van der Waals surface area (Å²) in [5.74, 6) is 0.856. The first-order valence-corrected chi connectivity index (χ1v) is 8.61. The molecule has 2 N–H and O–H groups in total. The topological polar surface area (TPSA) is 82.3 Å². The number of aromatic hydroxyl groups is 1. The summed E-state index contributed by atoms with van der Waals surface area (Å²) in [6.45, 7) is 4.32. The number of carbonyl (C=O) groups excluding carboxylic acids is 1. The van der Waals surface area contributed by atoms with Crippen molar-refractivity contribution in [2.45, 2.75) is 32.6 Å². The molecule has 5 nitrogen and oxygen atoms in total. The predicted molar refractivity (Wildman–Crippen MR) is 90.2 cm³/mol. The van der Waals surface area contributed by atoms with Gasteiger partial charge in [0.2, 0.25) is 5.91 Å². The molecule has 23 heavy (non-hydrogen) atoms. The molecule has 0 unspecified atom stereocenters. The molecule has 1 amide bonds. The van der Waals surface area contributed by atoms with Gasteiger partial charge in [0.25, 0.3) is 0 Å². The van der Waals surface area contributed by atoms with Crippen LogP contribution in [0.25, 0.3) is 0 Å². The highest BCUT2D eigenvalue weighted by molar-refractivity contribution is 8.03. The second-order valence-corrected chi connectivity index (χ2v) is 6.27. The summed E-state index contributed by atoms with van der Waals surface area (Å²) in [4.78, 5) is 12.0. The fourth-order valence-corrected chi connectivity index (χ4v) is 3.38. The van der Waals surface area contributed by atoms with Crippen LogP contribution in [0.2, 0.25) is 0 Å². The van der Waals surface area contributed by atoms with Crippen LogP contribution in [0.1, 0.15) is 38.2 Å². The second kappa shape index (κ2) is 7.93. The third-order valence-corrected chi connectivity index (χ3v) is 4.72. The molecule has 1 aliphatic heterocycles. The molecule has 0 aliphatic carbocycles. The molecule has 0 saturated carbocycles. The summed E-state index contributed by atoms with van der Waals surface area (Å²) in [7, 11) is 0. The molecule has 0 radical (unpaired) electrons. The van der Waals surface area contributed by atoms with Gasteiger partial charge < -0.3 is 15.2 Å². The molecule has 1 atom stereocenters. The molecule has 1 heterocycles. The van der Waals surface area contributed by atoms with Crippen molar-refractivity contribution in [3.63, 3.8) is 0 Å². The smallest absolute Gasteiger partial charge is 0.225 e. The average Bonchev–Trinajstić information content (AvgIpc) is 2.54. The lowest BCUT2D eigenvalue weighted by molar-refractivity contribution is -0.120. The first-order valence-electron chi connectivity index (χ1n) is 7.63. The van der Waals surface area contributed by atoms with Gasteiger partial charge in [-0.1, -0.05) is 13.0 Å². The van der Waals surface area contributed by atoms with Crippen molar-refractivity contribution in [2.24, 2.45) is 0 Å². The molecular weight excluding hydrogens is 312 g/mol. The molecule has 6 heteroatoms. The summed E-state index contributed by atoms with van der Waals surface area (Å²) in [6.07, 6.45) is 1.18. The zero-order valence-corrected chi connectivity index (χ0v) is 14.1. The van der Waals surface area contributed by atoms with Gasteiger partial charge in [-0.05, 0) is 36.8 Å². The summed E-state index contributed by atoms with van der Waals surface area (Å²) in [6, 6.07) is 7.23. The number of rotatable bonds is 6. The highest BCUT2D eigenvalue weighted by Crippen LogP contribution is 2.39. The Morgan fingerprint density at radius 2 is 2.26 bits per heavy atom. The van der Waals surface area contributed by atoms with E-state index in [0.717, 1.165) is 17.7 Å². The van der Waals surface area contributed by atoms with Gasteiger partial charge in [-0.3, -0.25) is 4.79 Å². The molecule has 0 bridgehead atoms. The Hall–Kier alpha value is -2.13. The first kappa shape index (κ1) is 17.2. The second-order valence-electron chi connectivity index (χ2n) is 5.17. The lowest BCUT2D eigenvalue weighted by Gasteiger charge is -2.25. The Labute approximate surface area is 140 Å². The third-order valence-electron chi connectivity index (χ3n) is 3.49. The minimum absolute atomic E-state index is 0.0546. The number of amides is 1. The van der Waals surface area contributed by atoms with Crippen LogP contribution >= 0.6 is 11.8 Å². The van der Waals surface area contributed by atoms with Crippen molar-refractivity contribution in [3.05, 3.63) is 34.4 Å². The summed E-state index contributed by atoms with van der Waals surface area (Å²) >= 11 is 1.49. The lowest BCUT2D eigenvalue weighted by atomic mass is 9.87. The largest absolute Gasteiger partial charge is 0.504 e. The fourth-order valence-electron chi connectivity index (χ4n) is 2.44. The normalized spacial score (nSPS) is 17.6. The van der Waals surface area contributed by atoms with Crippen LogP contribution in [0.3, 0.4) is 0 Å². The van der Waals surface area contributed by atoms with E-state index in [1.165, 1.54) is 11.8 Å². The molecule has 2 rings (SSSR count). The zero-order chi connectivity index (χ0) is 16.8. The molecule has 0 aromatic heterocycles. The maximum Gasteiger partial charge on any atom is 0.225 e. The number of phenols is 1. The van der Waals surface area contributed by atoms with Gasteiger partial charge >= 0.3 is 0 Å². The molecule has 1 aliphatic rings. The summed E-state index contributed by atoms with van der Waals surface area (Å²) in [5.41, 5.74) is 1.36. The highest BCUT2D eigenvalue weighted by atomic mass is 32.2. The number of allylic oxidation sites excluding steroid dienone is 1. The van der Waals surface area contributed by atoms with E-state index in [2.05, 4.69) is 18.3 Å². The quantitative estimate of drug-likeness (QED) is 0.835. The molecule has 122 valence electrons. The Morgan fingerprint density at radius 3 is 2.91 bits per heavy atom. The van der Waals surface area contributed by atoms with E-state index in [9.17, 15) is 15.2 Å². The molecule has 0 spiro atoms. The monoisotopic (exact) mass is 332 g/mol. The third kappa shape index (κ3) is 3.99. The molecule has 1 aromatic rings. The number of hydrogen-bond acceptors (Lipinski definition) is 5. The van der Waals surface area contributed by atoms with Gasteiger partial charge in [-0.15, -0.1) is 11.8 Å². The van der Waals surface area contributed by atoms with Gasteiger partial charge in [0.1, 0.15) is 0 Å². The molecule has 0 fully saturated rings. The number of thioether (sulfide) groups is 1. The van der Waals surface area contributed by atoms with Crippen LogP contribution in [0.5, 0.6) is 11.5 Å². The number of nitrogens with one attached hydrogen (secondary N) is 1. The van der Waals surface area contributed by atoms with Crippen LogP contribution in [0.4, 0.5) is 0 Å². The average molecular weight is 332 g/mol. The van der Waals surface area contributed by atoms with Crippen molar-refractivity contribution < 1.29 is 14.6 Å². The van der Waals surface area contributed by atoms with Crippen LogP contribution in [0, 0.1) is 11.3 Å². The van der Waals surface area contributed by atoms with E-state index in [1.54, 1.807) is 18.2 Å². The first-order chi connectivity index (χ1) is 11.1. The summed E-state index contributed by atoms with van der Waals surface area (Å²) in [5, 5.41) is 22.8. The van der Waals surface area contributed by atoms with E-state index in [0.29, 0.717) is 23.0 Å². The standard InChI is InChI=1S/C17H20N2O3S/c1-3-7-23-17-13(10-18)12(9-16(21)19-17)11-5-6-14(20)15(8-11)22-4-2/h5-6,8,12,20H,3-4,7,9H2,1-2H3,(H,19,21)/t12-/m1/s1. The number of ether oxygens (including phenoxy) is 1. The highest BCUT2D eigenvalue weighted by Gasteiger charge is 2.30. The van der Waals surface area contributed by atoms with Crippen molar-refractivity contribution in [1.29, 1.82) is 5.26 Å². The number of benzene rings is 1. The lowest BCUT2D eigenvalue weighted by Crippen LogP contribution is -2.30. The Bertz CT molecular complexity index is 664. The molecular formula is C17H20N2O3S. The van der Waals surface area contributed by atoms with Crippen LogP contribution in [-0.2, 0) is 4.79 Å². The fraction of sp³-hybridized carbons (Fsp3) is 0.412. The predicted octanol–water partition coefficient (Wildman–Crippen LogP) is 3.27. The number of nitrogens with zero attached hydrogens (tertiary/aromatic N) is 1. The van der Waals surface area contributed by atoms with Gasteiger partial charge in [0.15, 0.2) is 11.5 Å². The zero-order valence-electron chi connectivity index (χ0n) is 13.3. The van der Waals surface area contributed by atoms with Crippen LogP contribution in [-0.4, -0.2) is 23.4 Å². The maximum atomic E-state index is 12.0. The number of carbonyl (C=O) groups is 1. The maximum absolute atomic E-state index is 12.0. The Balaban J connectivity index is 2.41. The minimum Gasteiger partial charge on any atom is -0.504 e. The van der Waals surface area contributed by atoms with E-state index in [-0.39, 0.29) is 24.0 Å². The SMILES string of the molecule is CCCSC1=C(C#N)[C@@H](c2ccc(O)c(OCC)c2)CC(=O)N1. The van der Waals surface area contributed by atoms with Crippen molar-refractivity contribution in [3.8, 4) is 17.6 Å². The van der Waals surface area contributed by atoms with Crippen molar-refractivity contribution >= 4 is 17.7 Å². The Morgan fingerprint density at radius 1 is 1.48 bits per heavy atom. The van der Waals surface area contributed by atoms with E-state index < -0.39 is 0 Å². The number of hydrogen-bond donors (Lipinski definition) is 2. The Kier molecular flexibility index (Phi) is 5.94. The van der Waals surface area contributed by atoms with E-state index >= 15 is 0 Å². The van der Waals surface area contributed by atoms with Gasteiger partial charge in [-0.25, -0.2) is 0 Å². The molecule has 1 aromatic carbocycles. The minimum atomic E-state index is -0.312. The van der Waals surface area contributed by atoms with E-state index in [4.69, 9.17) is 4.74 Å². The van der Waals surface area contributed by atoms with Crippen LogP contribution < -0.4 is 10.1 Å². The van der Waals surface area contributed by atoms with Gasteiger partial charge in [0.05, 0.1) is 23.3 Å². The van der Waals surface area contributed by atoms with Crippen molar-refractivity contribution in [2.75, 3.05) is 12.4 Å². The number of phenolic OH excluding ortho intramolecular Hbond substituents is 1. The van der Waals surface area contributed by atoms with Gasteiger partial charge in [-0.2, -0.15) is 5.26 Å². The number of nitriles is 1. The summed E-state index contributed by atoms with van der Waals surface area (Å²) < 4.78 is 5.40. The van der Waals surface area contributed by atoms with Crippen LogP contribution in [0.15, 0.2) is 28.8 Å².